The van der Waals surface area contributed by atoms with Crippen molar-refractivity contribution in [2.24, 2.45) is 0 Å². The molecule has 0 spiro atoms. The van der Waals surface area contributed by atoms with Crippen molar-refractivity contribution in [1.29, 1.82) is 0 Å². The highest BCUT2D eigenvalue weighted by Gasteiger charge is 2.44. The molecule has 1 aliphatic carbocycles. The molecule has 6 aromatic carbocycles. The van der Waals surface area contributed by atoms with Crippen molar-refractivity contribution >= 4 is 68.6 Å². The smallest absolute Gasteiger partial charge is 0.252 e. The maximum atomic E-state index is 2.56. The average molecular weight is 644 g/mol. The highest BCUT2D eigenvalue weighted by atomic mass is 15.2. The van der Waals surface area contributed by atoms with E-state index in [0.717, 1.165) is 0 Å². The number of benzene rings is 6. The van der Waals surface area contributed by atoms with E-state index in [-0.39, 0.29) is 12.8 Å². The summed E-state index contributed by atoms with van der Waals surface area (Å²) in [4.78, 5) is 7.58. The molecule has 0 saturated heterocycles. The lowest BCUT2D eigenvalue weighted by Crippen LogP contribution is -2.61. The normalized spacial score (nSPS) is 17.7. The molecule has 0 fully saturated rings. The average Bonchev–Trinajstić information content (AvgIpc) is 3.47. The van der Waals surface area contributed by atoms with Crippen LogP contribution in [0.3, 0.4) is 0 Å². The first-order chi connectivity index (χ1) is 24.4. The third-order valence-electron chi connectivity index (χ3n) is 11.2. The molecule has 4 heteroatoms. The first-order valence-corrected chi connectivity index (χ1v) is 17.8. The number of anilines is 8. The summed E-state index contributed by atoms with van der Waals surface area (Å²) in [6.07, 6.45) is 9.14. The third-order valence-corrected chi connectivity index (χ3v) is 11.2. The maximum absolute atomic E-state index is 2.56. The Bertz CT molecular complexity index is 2410. The van der Waals surface area contributed by atoms with E-state index in [2.05, 4.69) is 188 Å². The Hall–Kier alpha value is -5.74. The molecule has 2 atom stereocenters. The van der Waals surface area contributed by atoms with Crippen LogP contribution >= 0.6 is 0 Å². The van der Waals surface area contributed by atoms with Crippen molar-refractivity contribution in [1.82, 2.24) is 0 Å². The highest BCUT2D eigenvalue weighted by Crippen LogP contribution is 2.50. The lowest BCUT2D eigenvalue weighted by atomic mass is 9.33. The molecule has 4 aliphatic rings. The van der Waals surface area contributed by atoms with Crippen molar-refractivity contribution in [3.05, 3.63) is 173 Å². The van der Waals surface area contributed by atoms with Crippen LogP contribution in [-0.4, -0.2) is 12.8 Å². The minimum absolute atomic E-state index is 0.0964. The molecular weight excluding hydrogens is 605 g/mol. The van der Waals surface area contributed by atoms with Gasteiger partial charge in [0.2, 0.25) is 0 Å². The van der Waals surface area contributed by atoms with Gasteiger partial charge in [-0.25, -0.2) is 0 Å². The molecule has 10 rings (SSSR count). The summed E-state index contributed by atoms with van der Waals surface area (Å²) in [5.74, 6) is 0.340. The zero-order chi connectivity index (χ0) is 33.7. The summed E-state index contributed by atoms with van der Waals surface area (Å²) < 4.78 is 0. The van der Waals surface area contributed by atoms with Crippen LogP contribution in [0, 0.1) is 27.7 Å². The van der Waals surface area contributed by atoms with E-state index < -0.39 is 0 Å². The van der Waals surface area contributed by atoms with E-state index in [9.17, 15) is 0 Å². The number of fused-ring (bicyclic) bond motifs is 7. The molecule has 0 N–H and O–H groups in total. The van der Waals surface area contributed by atoms with Crippen LogP contribution in [0.1, 0.15) is 33.7 Å². The molecule has 3 nitrogen and oxygen atoms in total. The Morgan fingerprint density at radius 2 is 1.08 bits per heavy atom. The van der Waals surface area contributed by atoms with Crippen LogP contribution in [0.2, 0.25) is 0 Å². The topological polar surface area (TPSA) is 9.72 Å². The Morgan fingerprint density at radius 1 is 0.460 bits per heavy atom. The number of hydrogen-bond donors (Lipinski definition) is 0. The zero-order valence-electron chi connectivity index (χ0n) is 28.9. The first-order valence-electron chi connectivity index (χ1n) is 17.8. The van der Waals surface area contributed by atoms with Crippen molar-refractivity contribution in [2.45, 2.75) is 39.7 Å². The van der Waals surface area contributed by atoms with Crippen molar-refractivity contribution < 1.29 is 0 Å². The van der Waals surface area contributed by atoms with Gasteiger partial charge in [-0.1, -0.05) is 102 Å². The standard InChI is InChI=1S/C46H38BN3/c1-29-13-18-33(19-14-29)48-42-24-17-31(3)25-39(42)47-38-23-22-35(50-40-11-7-5-9-36(40)37-10-6-8-12-41(37)50)28-43(38)49(34-20-15-30(2)16-21-34)45-27-32(4)26-44(48)46(45)47/h5-28,36,40H,1-4H3. The van der Waals surface area contributed by atoms with E-state index in [1.54, 1.807) is 0 Å². The van der Waals surface area contributed by atoms with Gasteiger partial charge >= 0.3 is 0 Å². The monoisotopic (exact) mass is 643 g/mol. The fraction of sp³-hybridized carbons (Fsp3) is 0.130. The van der Waals surface area contributed by atoms with Gasteiger partial charge in [0.05, 0.1) is 6.04 Å². The number of rotatable bonds is 3. The number of para-hydroxylation sites is 1. The quantitative estimate of drug-likeness (QED) is 0.178. The predicted octanol–water partition coefficient (Wildman–Crippen LogP) is 9.73. The summed E-state index contributed by atoms with van der Waals surface area (Å²) in [6, 6.07) is 46.3. The minimum atomic E-state index is 0.0964. The van der Waals surface area contributed by atoms with Crippen LogP contribution in [0.15, 0.2) is 146 Å². The fourth-order valence-corrected chi connectivity index (χ4v) is 8.93. The largest absolute Gasteiger partial charge is 0.333 e. The van der Waals surface area contributed by atoms with E-state index in [4.69, 9.17) is 0 Å². The van der Waals surface area contributed by atoms with E-state index in [1.165, 1.54) is 89.7 Å². The zero-order valence-corrected chi connectivity index (χ0v) is 28.9. The molecule has 2 unspecified atom stereocenters. The summed E-state index contributed by atoms with van der Waals surface area (Å²) in [5, 5.41) is 0. The second kappa shape index (κ2) is 10.9. The second-order valence-corrected chi connectivity index (χ2v) is 14.5. The van der Waals surface area contributed by atoms with Crippen molar-refractivity contribution in [2.75, 3.05) is 14.7 Å². The molecule has 3 heterocycles. The summed E-state index contributed by atoms with van der Waals surface area (Å²) >= 11 is 0. The SMILES string of the molecule is Cc1ccc(N2c3ccc(C)cc3B3c4ccc(N5c6ccccc6C6C=CC=CC65)cc4N(c4ccc(C)cc4)c4cc(C)cc2c43)cc1. The van der Waals surface area contributed by atoms with Gasteiger partial charge in [0.25, 0.3) is 6.71 Å². The summed E-state index contributed by atoms with van der Waals surface area (Å²) in [7, 11) is 0. The first kappa shape index (κ1) is 29.2. The van der Waals surface area contributed by atoms with Gasteiger partial charge < -0.3 is 14.7 Å². The molecular formula is C46H38BN3. The van der Waals surface area contributed by atoms with Crippen molar-refractivity contribution in [3.8, 4) is 0 Å². The Kier molecular flexibility index (Phi) is 6.36. The molecule has 240 valence electrons. The number of aryl methyl sites for hydroxylation is 4. The Labute approximate surface area is 295 Å². The van der Waals surface area contributed by atoms with Gasteiger partial charge in [0.1, 0.15) is 0 Å². The lowest BCUT2D eigenvalue weighted by molar-refractivity contribution is 0.745. The van der Waals surface area contributed by atoms with E-state index in [0.29, 0.717) is 5.92 Å². The van der Waals surface area contributed by atoms with Gasteiger partial charge in [-0.2, -0.15) is 0 Å². The number of nitrogens with zero attached hydrogens (tertiary/aromatic N) is 3. The van der Waals surface area contributed by atoms with Gasteiger partial charge in [0, 0.05) is 51.4 Å². The maximum Gasteiger partial charge on any atom is 0.252 e. The summed E-state index contributed by atoms with van der Waals surface area (Å²) in [5.41, 5.74) is 20.4. The molecule has 0 amide bonds. The van der Waals surface area contributed by atoms with Gasteiger partial charge in [-0.05, 0) is 116 Å². The van der Waals surface area contributed by atoms with Crippen LogP contribution in [0.5, 0.6) is 0 Å². The van der Waals surface area contributed by atoms with E-state index >= 15 is 0 Å². The van der Waals surface area contributed by atoms with E-state index in [1.807, 2.05) is 0 Å². The van der Waals surface area contributed by atoms with Crippen LogP contribution in [0.25, 0.3) is 0 Å². The summed E-state index contributed by atoms with van der Waals surface area (Å²) in [6.45, 7) is 8.89. The van der Waals surface area contributed by atoms with Crippen molar-refractivity contribution in [3.63, 3.8) is 0 Å². The molecule has 0 bridgehead atoms. The molecule has 3 aliphatic heterocycles. The minimum Gasteiger partial charge on any atom is -0.333 e. The van der Waals surface area contributed by atoms with Crippen LogP contribution in [0.4, 0.5) is 45.5 Å². The molecule has 0 saturated carbocycles. The number of hydrogen-bond acceptors (Lipinski definition) is 3. The Morgan fingerprint density at radius 3 is 1.80 bits per heavy atom. The Balaban J connectivity index is 1.25. The molecule has 6 aromatic rings. The fourth-order valence-electron chi connectivity index (χ4n) is 8.93. The van der Waals surface area contributed by atoms with Gasteiger partial charge in [0.15, 0.2) is 0 Å². The molecule has 0 radical (unpaired) electrons. The second-order valence-electron chi connectivity index (χ2n) is 14.5. The lowest BCUT2D eigenvalue weighted by Gasteiger charge is -2.45. The van der Waals surface area contributed by atoms with Gasteiger partial charge in [-0.3, -0.25) is 0 Å². The van der Waals surface area contributed by atoms with Crippen LogP contribution in [-0.2, 0) is 0 Å². The molecule has 0 aromatic heterocycles. The molecule has 50 heavy (non-hydrogen) atoms. The van der Waals surface area contributed by atoms with Crippen LogP contribution < -0.4 is 31.1 Å². The predicted molar refractivity (Wildman–Crippen MR) is 213 cm³/mol. The highest BCUT2D eigenvalue weighted by molar-refractivity contribution is 7.00. The third kappa shape index (κ3) is 4.24. The van der Waals surface area contributed by atoms with Gasteiger partial charge in [-0.15, -0.1) is 0 Å². The number of allylic oxidation sites excluding steroid dienone is 2.